The number of aliphatic carboxylic acids is 2. The van der Waals surface area contributed by atoms with Gasteiger partial charge >= 0.3 is 154 Å². The maximum Gasteiger partial charge on any atom is 1.00 e. The zero-order chi connectivity index (χ0) is 19.0. The average Bonchev–Trinajstić information content (AvgIpc) is 2.47. The summed E-state index contributed by atoms with van der Waals surface area (Å²) in [4.78, 5) is 19.7. The first-order chi connectivity index (χ1) is 11.2. The molecule has 0 amide bonds. The first-order valence-electron chi connectivity index (χ1n) is 8.33. The Hall–Kier alpha value is 3.76. The van der Waals surface area contributed by atoms with Crippen molar-refractivity contribution < 1.29 is 187 Å². The summed E-state index contributed by atoms with van der Waals surface area (Å²) in [6, 6.07) is 0. The van der Waals surface area contributed by atoms with Gasteiger partial charge in [-0.1, -0.05) is 64.7 Å². The predicted molar refractivity (Wildman–Crippen MR) is 87.2 cm³/mol. The van der Waals surface area contributed by atoms with Crippen LogP contribution in [0.2, 0.25) is 0 Å². The molecule has 0 aromatic carbocycles. The molecule has 27 heavy (non-hydrogen) atoms. The monoisotopic (exact) mass is 482 g/mol. The smallest absolute Gasteiger partial charge is 0.550 e. The van der Waals surface area contributed by atoms with Crippen molar-refractivity contribution in [3.05, 3.63) is 6.92 Å². The second kappa shape index (κ2) is 27.8. The Labute approximate surface area is 292 Å². The van der Waals surface area contributed by atoms with Gasteiger partial charge in [0, 0.05) is 12.4 Å². The van der Waals surface area contributed by atoms with Crippen molar-refractivity contribution in [2.45, 2.75) is 82.8 Å². The van der Waals surface area contributed by atoms with Crippen molar-refractivity contribution in [3.63, 3.8) is 0 Å². The molecule has 0 bridgehead atoms. The second-order valence-electron chi connectivity index (χ2n) is 5.58. The zero-order valence-corrected chi connectivity index (χ0v) is 27.6. The molecule has 11 heteroatoms. The van der Waals surface area contributed by atoms with Crippen LogP contribution >= 0.6 is 0 Å². The van der Waals surface area contributed by atoms with Crippen molar-refractivity contribution in [1.29, 1.82) is 0 Å². The van der Waals surface area contributed by atoms with E-state index in [1.54, 1.807) is 0 Å². The van der Waals surface area contributed by atoms with E-state index in [1.807, 2.05) is 0 Å². The van der Waals surface area contributed by atoms with E-state index in [0.717, 1.165) is 6.42 Å². The minimum Gasteiger partial charge on any atom is -0.550 e. The van der Waals surface area contributed by atoms with Crippen LogP contribution in [0.1, 0.15) is 77.6 Å². The molecule has 0 aromatic heterocycles. The molecular weight excluding hydrogens is 454 g/mol. The van der Waals surface area contributed by atoms with Crippen LogP contribution in [0.25, 0.3) is 0 Å². The Kier molecular flexibility index (Phi) is 42.3. The van der Waals surface area contributed by atoms with E-state index in [-0.39, 0.29) is 154 Å². The van der Waals surface area contributed by atoms with E-state index in [1.165, 1.54) is 57.8 Å². The number of unbranched alkanes of at least 4 members (excludes halogenated alkanes) is 9. The topological polar surface area (TPSA) is 135 Å². The molecule has 144 valence electrons. The minimum absolute atomic E-state index is 0. The molecule has 0 aliphatic heterocycles. The van der Waals surface area contributed by atoms with Crippen LogP contribution in [-0.4, -0.2) is 30.2 Å². The van der Waals surface area contributed by atoms with Crippen molar-refractivity contribution in [2.75, 3.05) is 0 Å². The van der Waals surface area contributed by atoms with E-state index in [2.05, 4.69) is 13.8 Å². The van der Waals surface area contributed by atoms with Crippen LogP contribution in [0, 0.1) is 6.92 Å². The normalized spacial score (nSPS) is 10.8. The third kappa shape index (κ3) is 32.0. The van der Waals surface area contributed by atoms with E-state index >= 15 is 0 Å². The summed E-state index contributed by atoms with van der Waals surface area (Å²) in [5.41, 5.74) is 0. The molecule has 0 heterocycles. The summed E-state index contributed by atoms with van der Waals surface area (Å²) in [6.07, 6.45) is 12.6. The molecule has 1 N–H and O–H groups in total. The number of carbonyl (C=O) groups excluding carboxylic acids is 2. The van der Waals surface area contributed by atoms with Crippen molar-refractivity contribution >= 4 is 22.1 Å². The Morgan fingerprint density at radius 2 is 1.26 bits per heavy atom. The van der Waals surface area contributed by atoms with Gasteiger partial charge in [-0.2, -0.15) is 14.8 Å². The Morgan fingerprint density at radius 1 is 0.889 bits per heavy atom. The SMILES string of the molecule is O=C([O-])CC(C(=O)[O-])S(=O)(=O)O.[CH2-]CCCCCCCCCCC.[K+].[K+].[K+]. The maximum atomic E-state index is 10.2. The van der Waals surface area contributed by atoms with Gasteiger partial charge < -0.3 is 26.7 Å². The zero-order valence-electron chi connectivity index (χ0n) is 17.4. The van der Waals surface area contributed by atoms with Gasteiger partial charge in [-0.15, -0.1) is 0 Å². The maximum absolute atomic E-state index is 10.2. The van der Waals surface area contributed by atoms with E-state index in [4.69, 9.17) is 4.55 Å². The summed E-state index contributed by atoms with van der Waals surface area (Å²) >= 11 is 0. The first-order valence-corrected chi connectivity index (χ1v) is 9.83. The van der Waals surface area contributed by atoms with Gasteiger partial charge in [0.05, 0.1) is 5.97 Å². The number of carboxylic acid groups (broad SMARTS) is 2. The molecule has 0 radical (unpaired) electrons. The number of carboxylic acids is 2. The van der Waals surface area contributed by atoms with Crippen molar-refractivity contribution in [3.8, 4) is 0 Å². The predicted octanol–water partition coefficient (Wildman–Crippen LogP) is -8.11. The molecule has 1 atom stereocenters. The summed E-state index contributed by atoms with van der Waals surface area (Å²) in [5, 5.41) is 17.3. The number of carbonyl (C=O) groups is 2. The van der Waals surface area contributed by atoms with E-state index < -0.39 is 33.7 Å². The summed E-state index contributed by atoms with van der Waals surface area (Å²) in [5.74, 6) is -4.08. The van der Waals surface area contributed by atoms with Gasteiger partial charge in [0.15, 0.2) is 0 Å². The fourth-order valence-corrected chi connectivity index (χ4v) is 2.54. The largest absolute Gasteiger partial charge is 1.00 e. The van der Waals surface area contributed by atoms with Gasteiger partial charge in [-0.25, -0.2) is 0 Å². The van der Waals surface area contributed by atoms with Crippen LogP contribution in [0.15, 0.2) is 0 Å². The molecule has 0 spiro atoms. The van der Waals surface area contributed by atoms with Gasteiger partial charge in [0.25, 0.3) is 10.1 Å². The molecule has 0 aromatic rings. The number of rotatable bonds is 13. The summed E-state index contributed by atoms with van der Waals surface area (Å²) in [7, 11) is -4.94. The van der Waals surface area contributed by atoms with Gasteiger partial charge in [-0.3, -0.25) is 4.55 Å². The second-order valence-corrected chi connectivity index (χ2v) is 7.18. The van der Waals surface area contributed by atoms with Crippen molar-refractivity contribution in [1.82, 2.24) is 0 Å². The van der Waals surface area contributed by atoms with Gasteiger partial charge in [0.2, 0.25) is 0 Å². The fraction of sp³-hybridized carbons (Fsp3) is 0.812. The Balaban J connectivity index is -0.000000108. The van der Waals surface area contributed by atoms with Crippen LogP contribution in [-0.2, 0) is 19.7 Å². The molecule has 1 unspecified atom stereocenters. The van der Waals surface area contributed by atoms with Crippen molar-refractivity contribution in [2.24, 2.45) is 0 Å². The first kappa shape index (κ1) is 41.1. The van der Waals surface area contributed by atoms with Crippen LogP contribution < -0.4 is 164 Å². The Morgan fingerprint density at radius 3 is 1.48 bits per heavy atom. The molecule has 0 saturated carbocycles. The van der Waals surface area contributed by atoms with Gasteiger partial charge in [0.1, 0.15) is 5.25 Å². The summed E-state index contributed by atoms with van der Waals surface area (Å²) in [6.45, 7) is 6.12. The number of hydrogen-bond acceptors (Lipinski definition) is 6. The summed E-state index contributed by atoms with van der Waals surface area (Å²) < 4.78 is 28.5. The van der Waals surface area contributed by atoms with E-state index in [9.17, 15) is 28.2 Å². The quantitative estimate of drug-likeness (QED) is 0.119. The fourth-order valence-electron chi connectivity index (χ4n) is 1.95. The molecule has 7 nitrogen and oxygen atoms in total. The third-order valence-corrected chi connectivity index (χ3v) is 4.41. The van der Waals surface area contributed by atoms with Crippen LogP contribution in [0.3, 0.4) is 0 Å². The van der Waals surface area contributed by atoms with E-state index in [0.29, 0.717) is 0 Å². The van der Waals surface area contributed by atoms with Crippen LogP contribution in [0.4, 0.5) is 0 Å². The van der Waals surface area contributed by atoms with Crippen LogP contribution in [0.5, 0.6) is 0 Å². The molecule has 0 saturated heterocycles. The number of hydrogen-bond donors (Lipinski definition) is 1. The minimum atomic E-state index is -4.94. The molecule has 0 aliphatic carbocycles. The third-order valence-electron chi connectivity index (χ3n) is 3.33. The standard InChI is InChI=1S/C12H25.C4H6O7S.3K/c1-3-5-7-9-11-12-10-8-6-4-2;5-3(6)1-2(4(7)8)12(9,10)11;;;/h1,3-12H2,2H3;2H,1H2,(H,5,6)(H,7,8)(H,9,10,11);;;/q-1;;3*+1/p-2. The average molecular weight is 483 g/mol. The molecule has 0 aliphatic rings. The Bertz CT molecular complexity index is 435. The molecular formula is C16H29K3O7S. The van der Waals surface area contributed by atoms with Gasteiger partial charge in [-0.05, 0) is 0 Å². The molecule has 0 fully saturated rings. The molecule has 0 rings (SSSR count).